The average molecular weight is 459 g/mol. The summed E-state index contributed by atoms with van der Waals surface area (Å²) in [4.78, 5) is 21.1. The first-order valence-corrected chi connectivity index (χ1v) is 10.1. The normalized spacial score (nSPS) is 12.2. The molecule has 1 heterocycles. The molecular formula is C21H25N5O7. The lowest BCUT2D eigenvalue weighted by atomic mass is 9.78. The van der Waals surface area contributed by atoms with Gasteiger partial charge in [0.25, 0.3) is 5.52 Å². The molecule has 0 saturated carbocycles. The van der Waals surface area contributed by atoms with Crippen LogP contribution in [-0.4, -0.2) is 20.1 Å². The Morgan fingerprint density at radius 1 is 1.00 bits per heavy atom. The summed E-state index contributed by atoms with van der Waals surface area (Å²) in [6.07, 6.45) is 0. The standard InChI is InChI=1S/C21H25N5O7/c1-20(2,3)12-7-11(8-13(19(12)27)21(4,5)6)10-22-16-14(24(28)29)9-15(25(30)31)18-17(16)23-33-26(18)32/h7-9,22,27H,10H2,1-6H3. The second kappa shape index (κ2) is 7.87. The maximum absolute atomic E-state index is 11.9. The lowest BCUT2D eigenvalue weighted by Gasteiger charge is -2.28. The van der Waals surface area contributed by atoms with Gasteiger partial charge in [-0.3, -0.25) is 24.9 Å². The number of anilines is 1. The molecule has 176 valence electrons. The van der Waals surface area contributed by atoms with Crippen molar-refractivity contribution in [1.82, 2.24) is 5.16 Å². The molecule has 0 spiro atoms. The molecule has 0 radical (unpaired) electrons. The third-order valence-corrected chi connectivity index (χ3v) is 5.27. The monoisotopic (exact) mass is 459 g/mol. The minimum atomic E-state index is -0.907. The maximum Gasteiger partial charge on any atom is 0.331 e. The predicted octanol–water partition coefficient (Wildman–Crippen LogP) is 4.19. The summed E-state index contributed by atoms with van der Waals surface area (Å²) in [5.74, 6) is 0.186. The zero-order chi connectivity index (χ0) is 24.9. The van der Waals surface area contributed by atoms with E-state index < -0.39 is 26.7 Å². The maximum atomic E-state index is 11.9. The highest BCUT2D eigenvalue weighted by atomic mass is 16.8. The highest BCUT2D eigenvalue weighted by Gasteiger charge is 2.34. The molecule has 0 atom stereocenters. The van der Waals surface area contributed by atoms with E-state index in [1.54, 1.807) is 12.1 Å². The number of benzene rings is 2. The Bertz CT molecular complexity index is 1230. The van der Waals surface area contributed by atoms with Crippen molar-refractivity contribution in [3.63, 3.8) is 0 Å². The molecule has 12 heteroatoms. The summed E-state index contributed by atoms with van der Waals surface area (Å²) in [5.41, 5.74) is -1.07. The Morgan fingerprint density at radius 3 is 1.97 bits per heavy atom. The van der Waals surface area contributed by atoms with Gasteiger partial charge in [0.1, 0.15) is 11.8 Å². The summed E-state index contributed by atoms with van der Waals surface area (Å²) < 4.78 is 4.49. The number of rotatable bonds is 5. The van der Waals surface area contributed by atoms with Crippen molar-refractivity contribution in [2.75, 3.05) is 5.32 Å². The fourth-order valence-corrected chi connectivity index (χ4v) is 3.61. The molecular weight excluding hydrogens is 434 g/mol. The molecule has 0 aliphatic carbocycles. The van der Waals surface area contributed by atoms with E-state index in [1.165, 1.54) is 0 Å². The number of phenols is 1. The Hall–Kier alpha value is -3.96. The van der Waals surface area contributed by atoms with Gasteiger partial charge in [-0.05, 0) is 44.6 Å². The van der Waals surface area contributed by atoms with E-state index in [9.17, 15) is 30.5 Å². The SMILES string of the molecule is CC(C)(C)c1cc(CNc2c([N+](=O)[O-])cc([N+](=O)[O-])c3c2no[n+]3[O-])cc(C(C)(C)C)c1O. The molecule has 0 bridgehead atoms. The van der Waals surface area contributed by atoms with Crippen molar-refractivity contribution in [2.24, 2.45) is 0 Å². The van der Waals surface area contributed by atoms with Crippen molar-refractivity contribution in [2.45, 2.75) is 58.9 Å². The number of phenolic OH excluding ortho intramolecular Hbond substituents is 1. The first kappa shape index (κ1) is 23.7. The number of nitro benzene ring substituents is 2. The third-order valence-electron chi connectivity index (χ3n) is 5.27. The van der Waals surface area contributed by atoms with Crippen molar-refractivity contribution in [3.05, 3.63) is 60.3 Å². The van der Waals surface area contributed by atoms with Crippen molar-refractivity contribution < 1.29 is 24.5 Å². The van der Waals surface area contributed by atoms with Gasteiger partial charge in [-0.1, -0.05) is 41.5 Å². The van der Waals surface area contributed by atoms with E-state index >= 15 is 0 Å². The van der Waals surface area contributed by atoms with Crippen LogP contribution in [-0.2, 0) is 17.4 Å². The van der Waals surface area contributed by atoms with Gasteiger partial charge in [-0.15, -0.1) is 0 Å². The van der Waals surface area contributed by atoms with Crippen LogP contribution in [0.25, 0.3) is 11.0 Å². The second-order valence-electron chi connectivity index (χ2n) is 9.82. The van der Waals surface area contributed by atoms with E-state index in [4.69, 9.17) is 0 Å². The van der Waals surface area contributed by atoms with Crippen LogP contribution in [0.5, 0.6) is 5.75 Å². The quantitative estimate of drug-likeness (QED) is 0.322. The molecule has 0 saturated heterocycles. The number of nitrogens with zero attached hydrogens (tertiary/aromatic N) is 4. The van der Waals surface area contributed by atoms with Crippen LogP contribution in [0, 0.1) is 25.4 Å². The largest absolute Gasteiger partial charge is 0.507 e. The zero-order valence-corrected chi connectivity index (χ0v) is 19.1. The average Bonchev–Trinajstić information content (AvgIpc) is 3.06. The highest BCUT2D eigenvalue weighted by molar-refractivity contribution is 5.97. The van der Waals surface area contributed by atoms with Gasteiger partial charge < -0.3 is 15.6 Å². The molecule has 33 heavy (non-hydrogen) atoms. The Morgan fingerprint density at radius 2 is 1.52 bits per heavy atom. The number of hydrogen-bond donors (Lipinski definition) is 2. The molecule has 2 N–H and O–H groups in total. The van der Waals surface area contributed by atoms with Gasteiger partial charge in [-0.2, -0.15) is 0 Å². The van der Waals surface area contributed by atoms with E-state index in [0.29, 0.717) is 22.8 Å². The minimum absolute atomic E-state index is 0.0614. The molecule has 0 amide bonds. The summed E-state index contributed by atoms with van der Waals surface area (Å²) in [6, 6.07) is 4.29. The van der Waals surface area contributed by atoms with Crippen LogP contribution in [0.4, 0.5) is 17.1 Å². The van der Waals surface area contributed by atoms with Crippen LogP contribution in [0.1, 0.15) is 58.2 Å². The summed E-state index contributed by atoms with van der Waals surface area (Å²) >= 11 is 0. The molecule has 1 aromatic heterocycles. The summed E-state index contributed by atoms with van der Waals surface area (Å²) in [6.45, 7) is 11.8. The molecule has 0 unspecified atom stereocenters. The molecule has 12 nitrogen and oxygen atoms in total. The van der Waals surface area contributed by atoms with Crippen molar-refractivity contribution in [3.8, 4) is 5.75 Å². The van der Waals surface area contributed by atoms with Crippen LogP contribution in [0.3, 0.4) is 0 Å². The van der Waals surface area contributed by atoms with Crippen LogP contribution in [0.2, 0.25) is 0 Å². The Kier molecular flexibility index (Phi) is 5.65. The van der Waals surface area contributed by atoms with E-state index in [1.807, 2.05) is 41.5 Å². The highest BCUT2D eigenvalue weighted by Crippen LogP contribution is 2.41. The number of nitro groups is 2. The summed E-state index contributed by atoms with van der Waals surface area (Å²) in [5, 5.41) is 52.2. The number of aromatic hydroxyl groups is 1. The fourth-order valence-electron chi connectivity index (χ4n) is 3.61. The number of aromatic nitrogens is 2. The van der Waals surface area contributed by atoms with Crippen molar-refractivity contribution >= 4 is 28.1 Å². The van der Waals surface area contributed by atoms with Gasteiger partial charge in [-0.25, -0.2) is 0 Å². The molecule has 3 aromatic rings. The number of hydrogen-bond acceptors (Lipinski definition) is 9. The van der Waals surface area contributed by atoms with Gasteiger partial charge in [0.05, 0.1) is 9.85 Å². The molecule has 0 aliphatic rings. The van der Waals surface area contributed by atoms with Crippen molar-refractivity contribution in [1.29, 1.82) is 0 Å². The first-order valence-electron chi connectivity index (χ1n) is 10.1. The molecule has 2 aromatic carbocycles. The topological polar surface area (TPSA) is 172 Å². The summed E-state index contributed by atoms with van der Waals surface area (Å²) in [7, 11) is 0. The van der Waals surface area contributed by atoms with Gasteiger partial charge in [0.2, 0.25) is 0 Å². The second-order valence-corrected chi connectivity index (χ2v) is 9.82. The fraction of sp³-hybridized carbons (Fsp3) is 0.429. The Labute approximate surface area is 188 Å². The predicted molar refractivity (Wildman–Crippen MR) is 119 cm³/mol. The minimum Gasteiger partial charge on any atom is -0.507 e. The molecule has 3 rings (SSSR count). The smallest absolute Gasteiger partial charge is 0.331 e. The van der Waals surface area contributed by atoms with Gasteiger partial charge >= 0.3 is 16.9 Å². The first-order chi connectivity index (χ1) is 15.1. The molecule has 0 aliphatic heterocycles. The van der Waals surface area contributed by atoms with Gasteiger partial charge in [0, 0.05) is 11.7 Å². The number of non-ortho nitro benzene ring substituents is 1. The Balaban J connectivity index is 2.15. The van der Waals surface area contributed by atoms with Crippen LogP contribution >= 0.6 is 0 Å². The van der Waals surface area contributed by atoms with Crippen LogP contribution in [0.15, 0.2) is 22.8 Å². The molecule has 0 fully saturated rings. The third kappa shape index (κ3) is 4.36. The van der Waals surface area contributed by atoms with Gasteiger partial charge in [0.15, 0.2) is 5.69 Å². The van der Waals surface area contributed by atoms with E-state index in [-0.39, 0.29) is 39.2 Å². The van der Waals surface area contributed by atoms with Crippen LogP contribution < -0.4 is 10.2 Å². The lowest BCUT2D eigenvalue weighted by Crippen LogP contribution is -2.23. The lowest BCUT2D eigenvalue weighted by molar-refractivity contribution is -0.783. The van der Waals surface area contributed by atoms with E-state index in [0.717, 1.165) is 0 Å². The van der Waals surface area contributed by atoms with E-state index in [2.05, 4.69) is 15.1 Å². The number of nitrogens with one attached hydrogen (secondary N) is 1. The number of fused-ring (bicyclic) bond motifs is 1. The zero-order valence-electron chi connectivity index (χ0n) is 19.1.